The normalized spacial score (nSPS) is 23.7. The number of alkyl halides is 3. The lowest BCUT2D eigenvalue weighted by molar-refractivity contribution is -0.137. The van der Waals surface area contributed by atoms with Gasteiger partial charge in [0.25, 0.3) is 5.89 Å². The molecule has 1 aromatic carbocycles. The molecule has 3 aromatic rings. The Morgan fingerprint density at radius 1 is 1.20 bits per heavy atom. The smallest absolute Gasteiger partial charge is 0.337 e. The van der Waals surface area contributed by atoms with Crippen LogP contribution in [0, 0.1) is 24.5 Å². The van der Waals surface area contributed by atoms with E-state index in [1.807, 2.05) is 6.92 Å². The zero-order valence-electron chi connectivity index (χ0n) is 18.5. The summed E-state index contributed by atoms with van der Waals surface area (Å²) in [6, 6.07) is 0.163. The van der Waals surface area contributed by atoms with Crippen molar-refractivity contribution in [2.75, 3.05) is 5.32 Å². The second-order valence-corrected chi connectivity index (χ2v) is 8.98. The number of aromatic nitrogens is 4. The average molecular weight is 494 g/mol. The SMILES string of the molecule is Cc1noc(C23CC(C[C@H](C)C2)N3C(=O)Nc2cc(-c3ncc(F)cn3)c(C(F)(F)F)cc2F)n1. The molecule has 35 heavy (non-hydrogen) atoms. The van der Waals surface area contributed by atoms with Crippen molar-refractivity contribution in [1.82, 2.24) is 25.0 Å². The van der Waals surface area contributed by atoms with E-state index in [1.54, 1.807) is 6.92 Å². The van der Waals surface area contributed by atoms with Gasteiger partial charge in [0.2, 0.25) is 0 Å². The maximum atomic E-state index is 14.8. The van der Waals surface area contributed by atoms with Gasteiger partial charge >= 0.3 is 12.2 Å². The molecule has 1 saturated carbocycles. The summed E-state index contributed by atoms with van der Waals surface area (Å²) >= 11 is 0. The van der Waals surface area contributed by atoms with Crippen LogP contribution in [-0.4, -0.2) is 37.1 Å². The molecule has 1 aliphatic carbocycles. The minimum absolute atomic E-state index is 0.177. The van der Waals surface area contributed by atoms with Crippen molar-refractivity contribution >= 4 is 11.7 Å². The third kappa shape index (κ3) is 3.88. The molecule has 1 N–H and O–H groups in total. The van der Waals surface area contributed by atoms with Crippen LogP contribution in [0.4, 0.5) is 32.4 Å². The Bertz CT molecular complexity index is 1290. The average Bonchev–Trinajstić information content (AvgIpc) is 3.21. The number of hydrogen-bond donors (Lipinski definition) is 1. The topological polar surface area (TPSA) is 97.0 Å². The van der Waals surface area contributed by atoms with E-state index in [2.05, 4.69) is 25.4 Å². The van der Waals surface area contributed by atoms with Crippen molar-refractivity contribution in [3.05, 3.63) is 53.4 Å². The standard InChI is InChI=1S/C22H19F5N6O2/c1-10-3-13-7-21(6-10,19-30-11(2)32-35-19)33(13)20(34)31-17-4-14(18-28-8-12(23)9-29-18)15(5-16(17)24)22(25,26)27/h4-5,8-10,13H,3,6-7H2,1-2H3,(H,31,34)/t10-,13?,21?/m0/s1. The number of urea groups is 1. The fourth-order valence-electron chi connectivity index (χ4n) is 5.15. The van der Waals surface area contributed by atoms with E-state index in [4.69, 9.17) is 4.52 Å². The van der Waals surface area contributed by atoms with Gasteiger partial charge in [-0.25, -0.2) is 23.5 Å². The molecule has 2 fully saturated rings. The summed E-state index contributed by atoms with van der Waals surface area (Å²) in [5, 5.41) is 6.19. The molecule has 13 heteroatoms. The summed E-state index contributed by atoms with van der Waals surface area (Å²) < 4.78 is 74.2. The van der Waals surface area contributed by atoms with E-state index in [9.17, 15) is 26.7 Å². The molecule has 8 nitrogen and oxygen atoms in total. The Balaban J connectivity index is 1.51. The number of hydrogen-bond acceptors (Lipinski definition) is 6. The number of fused-ring (bicyclic) bond motifs is 2. The van der Waals surface area contributed by atoms with Gasteiger partial charge < -0.3 is 14.7 Å². The summed E-state index contributed by atoms with van der Waals surface area (Å²) in [5.74, 6) is -1.69. The number of carbonyl (C=O) groups excluding carboxylic acids is 1. The van der Waals surface area contributed by atoms with Gasteiger partial charge in [-0.05, 0) is 37.8 Å². The fraction of sp³-hybridized carbons (Fsp3) is 0.409. The van der Waals surface area contributed by atoms with Crippen molar-refractivity contribution < 1.29 is 31.3 Å². The van der Waals surface area contributed by atoms with Crippen molar-refractivity contribution in [1.29, 1.82) is 0 Å². The lowest BCUT2D eigenvalue weighted by Gasteiger charge is -2.61. The number of likely N-dealkylation sites (tertiary alicyclic amines) is 1. The lowest BCUT2D eigenvalue weighted by Crippen LogP contribution is -2.70. The van der Waals surface area contributed by atoms with E-state index >= 15 is 0 Å². The summed E-state index contributed by atoms with van der Waals surface area (Å²) in [6.07, 6.45) is -1.72. The molecule has 2 aliphatic rings. The summed E-state index contributed by atoms with van der Waals surface area (Å²) in [5.41, 5.74) is -3.33. The molecule has 184 valence electrons. The van der Waals surface area contributed by atoms with Gasteiger partial charge in [-0.3, -0.25) is 0 Å². The quantitative estimate of drug-likeness (QED) is 0.511. The van der Waals surface area contributed by atoms with E-state index < -0.39 is 52.0 Å². The third-order valence-electron chi connectivity index (χ3n) is 6.42. The number of benzene rings is 1. The summed E-state index contributed by atoms with van der Waals surface area (Å²) in [4.78, 5) is 26.2. The van der Waals surface area contributed by atoms with Gasteiger partial charge in [0.15, 0.2) is 17.5 Å². The summed E-state index contributed by atoms with van der Waals surface area (Å²) in [6.45, 7) is 3.68. The van der Waals surface area contributed by atoms with Gasteiger partial charge in [0, 0.05) is 18.0 Å². The van der Waals surface area contributed by atoms with E-state index in [-0.39, 0.29) is 23.9 Å². The highest BCUT2D eigenvalue weighted by atomic mass is 19.4. The number of anilines is 1. The molecule has 1 aliphatic heterocycles. The number of amides is 2. The molecular formula is C22H19F5N6O2. The van der Waals surface area contributed by atoms with Gasteiger partial charge in [-0.1, -0.05) is 12.1 Å². The first-order valence-electron chi connectivity index (χ1n) is 10.8. The van der Waals surface area contributed by atoms with Crippen LogP contribution < -0.4 is 5.32 Å². The Labute approximate surface area is 195 Å². The predicted octanol–water partition coefficient (Wildman–Crippen LogP) is 5.06. The third-order valence-corrected chi connectivity index (χ3v) is 6.42. The number of nitrogens with one attached hydrogen (secondary N) is 1. The van der Waals surface area contributed by atoms with Gasteiger partial charge in [-0.2, -0.15) is 18.2 Å². The summed E-state index contributed by atoms with van der Waals surface area (Å²) in [7, 11) is 0. The van der Waals surface area contributed by atoms with Gasteiger partial charge in [-0.15, -0.1) is 0 Å². The van der Waals surface area contributed by atoms with Crippen molar-refractivity contribution in [2.24, 2.45) is 5.92 Å². The highest BCUT2D eigenvalue weighted by molar-refractivity contribution is 5.92. The molecule has 3 heterocycles. The van der Waals surface area contributed by atoms with E-state index in [0.29, 0.717) is 37.5 Å². The molecule has 2 bridgehead atoms. The molecule has 0 spiro atoms. The van der Waals surface area contributed by atoms with Crippen LogP contribution in [0.1, 0.15) is 43.5 Å². The fourth-order valence-corrected chi connectivity index (χ4v) is 5.15. The predicted molar refractivity (Wildman–Crippen MR) is 111 cm³/mol. The van der Waals surface area contributed by atoms with E-state index in [0.717, 1.165) is 6.07 Å². The minimum Gasteiger partial charge on any atom is -0.337 e. The van der Waals surface area contributed by atoms with Gasteiger partial charge in [0.1, 0.15) is 11.4 Å². The Morgan fingerprint density at radius 3 is 2.54 bits per heavy atom. The maximum Gasteiger partial charge on any atom is 0.417 e. The Morgan fingerprint density at radius 2 is 1.91 bits per heavy atom. The molecule has 0 radical (unpaired) electrons. The van der Waals surface area contributed by atoms with Crippen LogP contribution in [0.15, 0.2) is 29.0 Å². The number of piperidine rings is 1. The Kier molecular flexibility index (Phi) is 5.25. The van der Waals surface area contributed by atoms with Crippen molar-refractivity contribution in [3.63, 3.8) is 0 Å². The van der Waals surface area contributed by atoms with Crippen LogP contribution in [0.2, 0.25) is 0 Å². The van der Waals surface area contributed by atoms with Crippen LogP contribution >= 0.6 is 0 Å². The number of aryl methyl sites for hydroxylation is 1. The first kappa shape index (κ1) is 23.1. The minimum atomic E-state index is -4.94. The van der Waals surface area contributed by atoms with Crippen molar-refractivity contribution in [2.45, 2.75) is 50.9 Å². The first-order valence-corrected chi connectivity index (χ1v) is 10.8. The molecule has 1 saturated heterocycles. The highest BCUT2D eigenvalue weighted by Gasteiger charge is 2.62. The molecule has 2 amide bonds. The number of carbonyl (C=O) groups is 1. The molecule has 2 unspecified atom stereocenters. The second-order valence-electron chi connectivity index (χ2n) is 8.98. The van der Waals surface area contributed by atoms with Crippen LogP contribution in [0.25, 0.3) is 11.4 Å². The van der Waals surface area contributed by atoms with Crippen molar-refractivity contribution in [3.8, 4) is 11.4 Å². The largest absolute Gasteiger partial charge is 0.417 e. The van der Waals surface area contributed by atoms with Crippen LogP contribution in [-0.2, 0) is 11.7 Å². The number of halogens is 5. The van der Waals surface area contributed by atoms with Gasteiger partial charge in [0.05, 0.1) is 23.6 Å². The first-order chi connectivity index (χ1) is 16.5. The molecule has 5 rings (SSSR count). The van der Waals surface area contributed by atoms with Crippen LogP contribution in [0.5, 0.6) is 0 Å². The second kappa shape index (κ2) is 7.95. The maximum absolute atomic E-state index is 14.8. The van der Waals surface area contributed by atoms with E-state index in [1.165, 1.54) is 4.90 Å². The molecule has 3 atom stereocenters. The monoisotopic (exact) mass is 494 g/mol. The zero-order chi connectivity index (χ0) is 25.1. The molecule has 2 aromatic heterocycles. The Hall–Kier alpha value is -3.64. The molecular weight excluding hydrogens is 475 g/mol. The van der Waals surface area contributed by atoms with Crippen LogP contribution in [0.3, 0.4) is 0 Å². The zero-order valence-corrected chi connectivity index (χ0v) is 18.5. The number of nitrogens with zero attached hydrogens (tertiary/aromatic N) is 5. The number of rotatable bonds is 3. The highest BCUT2D eigenvalue weighted by Crippen LogP contribution is 2.55. The lowest BCUT2D eigenvalue weighted by atomic mass is 9.64.